The number of rotatable bonds is 7. The van der Waals surface area contributed by atoms with Crippen molar-refractivity contribution >= 4 is 33.3 Å². The second kappa shape index (κ2) is 7.64. The predicted octanol–water partition coefficient (Wildman–Crippen LogP) is 2.18. The SMILES string of the molecule is CCOC(=O)COc1ccc(NC(=O)[C@]23C[C@H]2CN(c2ccccc2)S3(=O)=O)cc1. The highest BCUT2D eigenvalue weighted by atomic mass is 32.2. The molecule has 1 saturated carbocycles. The van der Waals surface area contributed by atoms with Gasteiger partial charge < -0.3 is 14.8 Å². The van der Waals surface area contributed by atoms with Crippen molar-refractivity contribution in [2.75, 3.05) is 29.4 Å². The first-order valence-corrected chi connectivity index (χ1v) is 11.1. The predicted molar refractivity (Wildman–Crippen MR) is 111 cm³/mol. The molecule has 0 radical (unpaired) electrons. The molecule has 4 rings (SSSR count). The van der Waals surface area contributed by atoms with E-state index in [-0.39, 0.29) is 19.1 Å². The van der Waals surface area contributed by atoms with Gasteiger partial charge in [0.15, 0.2) is 11.4 Å². The van der Waals surface area contributed by atoms with Gasteiger partial charge in [-0.3, -0.25) is 9.10 Å². The summed E-state index contributed by atoms with van der Waals surface area (Å²) in [6.07, 6.45) is 0.325. The Bertz CT molecular complexity index is 1050. The highest BCUT2D eigenvalue weighted by Gasteiger charge is 2.75. The molecule has 1 aliphatic carbocycles. The maximum absolute atomic E-state index is 13.1. The molecular weight excluding hydrogens is 408 g/mol. The molecule has 2 aromatic carbocycles. The summed E-state index contributed by atoms with van der Waals surface area (Å²) in [5.41, 5.74) is 1.02. The van der Waals surface area contributed by atoms with Gasteiger partial charge in [0.2, 0.25) is 15.9 Å². The summed E-state index contributed by atoms with van der Waals surface area (Å²) in [6.45, 7) is 2.09. The van der Waals surface area contributed by atoms with Crippen LogP contribution in [0.4, 0.5) is 11.4 Å². The molecule has 1 N–H and O–H groups in total. The zero-order chi connectivity index (χ0) is 21.4. The average molecular weight is 430 g/mol. The summed E-state index contributed by atoms with van der Waals surface area (Å²) in [5.74, 6) is -0.781. The maximum atomic E-state index is 13.1. The zero-order valence-electron chi connectivity index (χ0n) is 16.4. The van der Waals surface area contributed by atoms with Crippen LogP contribution in [0.3, 0.4) is 0 Å². The van der Waals surface area contributed by atoms with Crippen LogP contribution in [0.25, 0.3) is 0 Å². The Morgan fingerprint density at radius 2 is 1.83 bits per heavy atom. The number of hydrogen-bond acceptors (Lipinski definition) is 6. The third-order valence-electron chi connectivity index (χ3n) is 5.39. The van der Waals surface area contributed by atoms with Crippen molar-refractivity contribution in [3.8, 4) is 5.75 Å². The summed E-state index contributed by atoms with van der Waals surface area (Å²) in [7, 11) is -3.81. The number of nitrogens with zero attached hydrogens (tertiary/aromatic N) is 1. The first-order chi connectivity index (χ1) is 14.4. The molecule has 8 nitrogen and oxygen atoms in total. The monoisotopic (exact) mass is 430 g/mol. The van der Waals surface area contributed by atoms with Crippen LogP contribution in [0.1, 0.15) is 13.3 Å². The fourth-order valence-electron chi connectivity index (χ4n) is 3.78. The first kappa shape index (κ1) is 20.2. The number of ether oxygens (including phenoxy) is 2. The first-order valence-electron chi connectivity index (χ1n) is 9.66. The van der Waals surface area contributed by atoms with E-state index in [1.165, 1.54) is 4.31 Å². The molecule has 9 heteroatoms. The topological polar surface area (TPSA) is 102 Å². The summed E-state index contributed by atoms with van der Waals surface area (Å²) in [6, 6.07) is 15.2. The number of anilines is 2. The van der Waals surface area contributed by atoms with Gasteiger partial charge in [0, 0.05) is 18.2 Å². The second-order valence-corrected chi connectivity index (χ2v) is 9.35. The molecule has 1 heterocycles. The van der Waals surface area contributed by atoms with Crippen LogP contribution in [0.5, 0.6) is 5.75 Å². The molecular formula is C21H22N2O6S. The fourth-order valence-corrected chi connectivity index (χ4v) is 6.14. The number of carbonyl (C=O) groups is 2. The van der Waals surface area contributed by atoms with Crippen LogP contribution in [-0.4, -0.2) is 44.8 Å². The molecule has 1 aliphatic heterocycles. The van der Waals surface area contributed by atoms with E-state index in [9.17, 15) is 18.0 Å². The van der Waals surface area contributed by atoms with Crippen molar-refractivity contribution in [1.82, 2.24) is 0 Å². The lowest BCUT2D eigenvalue weighted by Crippen LogP contribution is -2.42. The number of sulfonamides is 1. The van der Waals surface area contributed by atoms with Gasteiger partial charge in [0.25, 0.3) is 0 Å². The van der Waals surface area contributed by atoms with E-state index in [4.69, 9.17) is 9.47 Å². The van der Waals surface area contributed by atoms with E-state index < -0.39 is 26.6 Å². The van der Waals surface area contributed by atoms with Crippen LogP contribution in [-0.2, 0) is 24.3 Å². The molecule has 1 saturated heterocycles. The summed E-state index contributed by atoms with van der Waals surface area (Å²) in [5, 5.41) is 2.71. The molecule has 0 unspecified atom stereocenters. The summed E-state index contributed by atoms with van der Waals surface area (Å²) < 4.78 is 36.3. The number of amides is 1. The fraction of sp³-hybridized carbons (Fsp3) is 0.333. The minimum atomic E-state index is -3.81. The minimum Gasteiger partial charge on any atom is -0.482 e. The normalized spacial score (nSPS) is 23.4. The molecule has 2 fully saturated rings. The highest BCUT2D eigenvalue weighted by Crippen LogP contribution is 2.58. The molecule has 2 atom stereocenters. The maximum Gasteiger partial charge on any atom is 0.344 e. The van der Waals surface area contributed by atoms with Crippen molar-refractivity contribution in [2.45, 2.75) is 18.1 Å². The number of benzene rings is 2. The van der Waals surface area contributed by atoms with E-state index in [0.29, 0.717) is 30.1 Å². The molecule has 0 bridgehead atoms. The van der Waals surface area contributed by atoms with E-state index in [0.717, 1.165) is 0 Å². The smallest absolute Gasteiger partial charge is 0.344 e. The van der Waals surface area contributed by atoms with E-state index in [1.807, 2.05) is 6.07 Å². The van der Waals surface area contributed by atoms with Gasteiger partial charge in [-0.2, -0.15) is 0 Å². The number of esters is 1. The lowest BCUT2D eigenvalue weighted by Gasteiger charge is -2.22. The van der Waals surface area contributed by atoms with Gasteiger partial charge in [-0.1, -0.05) is 18.2 Å². The summed E-state index contributed by atoms with van der Waals surface area (Å²) >= 11 is 0. The third-order valence-corrected chi connectivity index (χ3v) is 7.93. The zero-order valence-corrected chi connectivity index (χ0v) is 17.2. The van der Waals surface area contributed by atoms with Crippen molar-refractivity contribution in [2.24, 2.45) is 5.92 Å². The van der Waals surface area contributed by atoms with E-state index in [2.05, 4.69) is 5.32 Å². The Morgan fingerprint density at radius 3 is 2.50 bits per heavy atom. The number of para-hydroxylation sites is 1. The highest BCUT2D eigenvalue weighted by molar-refractivity contribution is 7.95. The number of nitrogens with one attached hydrogen (secondary N) is 1. The molecule has 2 aliphatic rings. The van der Waals surface area contributed by atoms with Crippen molar-refractivity contribution in [3.05, 3.63) is 54.6 Å². The molecule has 30 heavy (non-hydrogen) atoms. The van der Waals surface area contributed by atoms with E-state index >= 15 is 0 Å². The van der Waals surface area contributed by atoms with Gasteiger partial charge in [-0.15, -0.1) is 0 Å². The molecule has 158 valence electrons. The third kappa shape index (κ3) is 3.39. The van der Waals surface area contributed by atoms with Crippen molar-refractivity contribution < 1.29 is 27.5 Å². The number of fused-ring (bicyclic) bond motifs is 1. The Kier molecular flexibility index (Phi) is 5.15. The molecule has 0 spiro atoms. The lowest BCUT2D eigenvalue weighted by atomic mass is 10.2. The van der Waals surface area contributed by atoms with Crippen LogP contribution in [0.15, 0.2) is 54.6 Å². The molecule has 0 aromatic heterocycles. The van der Waals surface area contributed by atoms with Crippen LogP contribution in [0.2, 0.25) is 0 Å². The van der Waals surface area contributed by atoms with Crippen molar-refractivity contribution in [3.63, 3.8) is 0 Å². The minimum absolute atomic E-state index is 0.210. The van der Waals surface area contributed by atoms with Gasteiger partial charge >= 0.3 is 5.97 Å². The Morgan fingerprint density at radius 1 is 1.13 bits per heavy atom. The van der Waals surface area contributed by atoms with Gasteiger partial charge in [0.1, 0.15) is 5.75 Å². The quantitative estimate of drug-likeness (QED) is 0.676. The largest absolute Gasteiger partial charge is 0.482 e. The second-order valence-electron chi connectivity index (χ2n) is 7.23. The van der Waals surface area contributed by atoms with Crippen LogP contribution >= 0.6 is 0 Å². The Hall–Kier alpha value is -3.07. The van der Waals surface area contributed by atoms with Gasteiger partial charge in [0.05, 0.1) is 12.3 Å². The lowest BCUT2D eigenvalue weighted by molar-refractivity contribution is -0.145. The van der Waals surface area contributed by atoms with E-state index in [1.54, 1.807) is 55.5 Å². The van der Waals surface area contributed by atoms with Gasteiger partial charge in [-0.25, -0.2) is 13.2 Å². The summed E-state index contributed by atoms with van der Waals surface area (Å²) in [4.78, 5) is 24.3. The van der Waals surface area contributed by atoms with Crippen LogP contribution < -0.4 is 14.4 Å². The average Bonchev–Trinajstić information content (AvgIpc) is 3.43. The molecule has 1 amide bonds. The van der Waals surface area contributed by atoms with Crippen LogP contribution in [0, 0.1) is 5.92 Å². The molecule has 2 aromatic rings. The number of hydrogen-bond donors (Lipinski definition) is 1. The Balaban J connectivity index is 1.43. The Labute approximate surface area is 174 Å². The van der Waals surface area contributed by atoms with Crippen molar-refractivity contribution in [1.29, 1.82) is 0 Å². The van der Waals surface area contributed by atoms with Gasteiger partial charge in [-0.05, 0) is 49.7 Å². The number of carbonyl (C=O) groups excluding carboxylic acids is 2. The standard InChI is InChI=1S/C21H22N2O6S/c1-2-28-19(24)14-29-18-10-8-16(9-11-18)22-20(25)21-12-15(21)13-23(30(21,26)27)17-6-4-3-5-7-17/h3-11,15H,2,12-14H2,1H3,(H,22,25)/t15-,21-/m0/s1.